The average molecular weight is 426 g/mol. The number of fused-ring (bicyclic) bond motifs is 2. The molecule has 0 amide bonds. The number of carboxylic acids is 1. The van der Waals surface area contributed by atoms with E-state index in [1.54, 1.807) is 12.1 Å². The summed E-state index contributed by atoms with van der Waals surface area (Å²) in [7, 11) is -4.20. The van der Waals surface area contributed by atoms with Gasteiger partial charge in [-0.2, -0.15) is 0 Å². The van der Waals surface area contributed by atoms with Gasteiger partial charge < -0.3 is 0 Å². The molecule has 2 aliphatic rings. The van der Waals surface area contributed by atoms with Crippen LogP contribution in [0.5, 0.6) is 0 Å². The number of aliphatic hydroxyl groups is 1. The van der Waals surface area contributed by atoms with Crippen molar-refractivity contribution < 1.29 is 33.7 Å². The molecule has 4 heterocycles. The molecule has 2 aromatic rings. The van der Waals surface area contributed by atoms with Crippen molar-refractivity contribution in [2.24, 2.45) is 0 Å². The third-order valence-corrected chi connectivity index (χ3v) is 6.85. The van der Waals surface area contributed by atoms with Crippen molar-refractivity contribution in [1.29, 1.82) is 5.26 Å². The van der Waals surface area contributed by atoms with Crippen LogP contribution in [0.1, 0.15) is 18.7 Å². The first-order valence-electron chi connectivity index (χ1n) is 8.59. The average Bonchev–Trinajstić information content (AvgIpc) is 3.22. The van der Waals surface area contributed by atoms with Gasteiger partial charge in [-0.15, -0.1) is 0 Å². The molecule has 0 unspecified atom stereocenters. The Balaban J connectivity index is 1.66. The van der Waals surface area contributed by atoms with E-state index in [1.165, 1.54) is 17.8 Å². The third kappa shape index (κ3) is 3.11. The monoisotopic (exact) mass is 426 g/mol. The van der Waals surface area contributed by atoms with Crippen molar-refractivity contribution in [2.45, 2.75) is 36.9 Å². The van der Waals surface area contributed by atoms with Crippen molar-refractivity contribution in [3.8, 4) is 6.07 Å². The van der Waals surface area contributed by atoms with E-state index in [9.17, 15) is 20.1 Å². The minimum atomic E-state index is -4.20. The van der Waals surface area contributed by atoms with Crippen LogP contribution in [0.2, 0.25) is 0 Å². The molecule has 2 fully saturated rings. The number of hydrogen-bond acceptors (Lipinski definition) is 11. The van der Waals surface area contributed by atoms with Crippen molar-refractivity contribution in [1.82, 2.24) is 19.7 Å². The van der Waals surface area contributed by atoms with Gasteiger partial charge in [0, 0.05) is 0 Å². The van der Waals surface area contributed by atoms with E-state index in [0.717, 1.165) is 0 Å². The van der Waals surface area contributed by atoms with Gasteiger partial charge in [-0.05, 0) is 0 Å². The predicted molar refractivity (Wildman–Crippen MR) is 97.2 cm³/mol. The zero-order valence-electron chi connectivity index (χ0n) is 15.1. The maximum atomic E-state index is 11.1. The summed E-state index contributed by atoms with van der Waals surface area (Å²) in [4.78, 5) is 25.6. The fraction of sp³-hybridized carbons (Fsp3) is 0.467. The molecular formula is C15H19N6O7P. The van der Waals surface area contributed by atoms with Gasteiger partial charge >= 0.3 is 163 Å². The molecule has 2 aromatic heterocycles. The van der Waals surface area contributed by atoms with Crippen LogP contribution < -0.4 is 10.8 Å². The van der Waals surface area contributed by atoms with Crippen LogP contribution in [-0.4, -0.2) is 66.1 Å². The molecule has 5 atom stereocenters. The summed E-state index contributed by atoms with van der Waals surface area (Å²) in [5.41, 5.74) is 4.99. The van der Waals surface area contributed by atoms with Crippen LogP contribution in [0.3, 0.4) is 0 Å². The van der Waals surface area contributed by atoms with Crippen molar-refractivity contribution in [3.05, 3.63) is 24.2 Å². The van der Waals surface area contributed by atoms with Gasteiger partial charge in [-0.25, -0.2) is 0 Å². The number of nitrogens with zero attached hydrogens (tertiary/aromatic N) is 4. The summed E-state index contributed by atoms with van der Waals surface area (Å²) >= 11 is 0. The van der Waals surface area contributed by atoms with Gasteiger partial charge in [0.05, 0.1) is 0 Å². The van der Waals surface area contributed by atoms with Gasteiger partial charge in [0.15, 0.2) is 0 Å². The summed E-state index contributed by atoms with van der Waals surface area (Å²) in [5, 5.41) is 36.1. The molecule has 2 saturated heterocycles. The van der Waals surface area contributed by atoms with E-state index >= 15 is 0 Å². The summed E-state index contributed by atoms with van der Waals surface area (Å²) in [5.74, 6) is -1.01. The van der Waals surface area contributed by atoms with E-state index in [4.69, 9.17) is 24.6 Å². The normalized spacial score (nSPS) is 33.0. The maximum absolute atomic E-state index is 11.1. The summed E-state index contributed by atoms with van der Waals surface area (Å²) in [6.07, 6.45) is -2.48. The first-order valence-corrected chi connectivity index (χ1v) is 10.4. The van der Waals surface area contributed by atoms with Crippen molar-refractivity contribution in [3.63, 3.8) is 0 Å². The Morgan fingerprint density at radius 3 is 3.03 bits per heavy atom. The van der Waals surface area contributed by atoms with Gasteiger partial charge in [-0.3, -0.25) is 0 Å². The fourth-order valence-corrected chi connectivity index (χ4v) is 5.42. The number of anilines is 1. The molecule has 0 aliphatic carbocycles. The third-order valence-electron chi connectivity index (χ3n) is 4.95. The van der Waals surface area contributed by atoms with Crippen LogP contribution in [0, 0.1) is 11.3 Å². The van der Waals surface area contributed by atoms with E-state index in [2.05, 4.69) is 15.2 Å². The van der Waals surface area contributed by atoms with Crippen LogP contribution in [0.4, 0.5) is 5.82 Å². The van der Waals surface area contributed by atoms with Crippen LogP contribution in [-0.2, 0) is 18.6 Å². The van der Waals surface area contributed by atoms with Crippen LogP contribution >= 0.6 is 8.09 Å². The molecule has 6 N–H and O–H groups in total. The number of carboxylic acid groups (broad SMARTS) is 1. The second-order valence-corrected chi connectivity index (χ2v) is 8.82. The van der Waals surface area contributed by atoms with Gasteiger partial charge in [-0.1, -0.05) is 0 Å². The number of carbonyl (C=O) groups is 1. The summed E-state index contributed by atoms with van der Waals surface area (Å²) in [6, 6.07) is 4.02. The summed E-state index contributed by atoms with van der Waals surface area (Å²) in [6.45, 7) is 0.873. The Morgan fingerprint density at radius 1 is 1.59 bits per heavy atom. The SMILES string of the molecule is C[C@H](N[PH]1(O)OC[C@@]2(C#N)O[C@@H](c3ccc4c(N)ncnn34)[C@H](O)[C@@H]2O1)C(=O)O. The quantitative estimate of drug-likeness (QED) is 0.370. The first-order chi connectivity index (χ1) is 13.7. The molecule has 0 aromatic carbocycles. The number of nitrogens with two attached hydrogens (primary N) is 1. The van der Waals surface area contributed by atoms with Crippen molar-refractivity contribution >= 4 is 25.4 Å². The number of aliphatic carboxylic acids is 1. The zero-order chi connectivity index (χ0) is 21.0. The van der Waals surface area contributed by atoms with E-state index < -0.39 is 50.6 Å². The Kier molecular flexibility index (Phi) is 4.67. The number of rotatable bonds is 4. The number of hydrogen-bond donors (Lipinski definition) is 5. The van der Waals surface area contributed by atoms with Gasteiger partial charge in [0.2, 0.25) is 0 Å². The molecule has 0 radical (unpaired) electrons. The first kappa shape index (κ1) is 19.9. The zero-order valence-corrected chi connectivity index (χ0v) is 16.1. The molecule has 13 nitrogen and oxygen atoms in total. The Hall–Kier alpha value is -2.43. The molecule has 0 saturated carbocycles. The topological polar surface area (TPSA) is 197 Å². The van der Waals surface area contributed by atoms with E-state index in [0.29, 0.717) is 11.2 Å². The predicted octanol–water partition coefficient (Wildman–Crippen LogP) is -1.11. The molecule has 156 valence electrons. The fourth-order valence-electron chi connectivity index (χ4n) is 3.45. The molecular weight excluding hydrogens is 407 g/mol. The molecule has 0 spiro atoms. The molecule has 0 bridgehead atoms. The standard InChI is InChI=1S/C15H19N6O7P/c1-7(14(23)24)20-29(25)26-5-15(4-16)12(28-29)10(22)11(27-15)8-2-3-9-13(17)18-6-19-21(8)9/h2-3,6-7,10-12,20,22,25,29H,5H2,1H3,(H,23,24)(H2,17,18,19)/t7-,10-,11-,12-,15+/m0/s1. The molecule has 4 rings (SSSR count). The van der Waals surface area contributed by atoms with Crippen LogP contribution in [0.15, 0.2) is 18.5 Å². The Bertz CT molecular complexity index is 1010. The molecule has 29 heavy (non-hydrogen) atoms. The number of ether oxygens (including phenoxy) is 1. The number of aliphatic hydroxyl groups excluding tert-OH is 1. The Labute approximate surface area is 164 Å². The van der Waals surface area contributed by atoms with E-state index in [-0.39, 0.29) is 5.82 Å². The molecule has 2 aliphatic heterocycles. The molecule has 14 heteroatoms. The minimum absolute atomic E-state index is 0.222. The number of aromatic nitrogens is 3. The second-order valence-electron chi connectivity index (χ2n) is 6.84. The summed E-state index contributed by atoms with van der Waals surface area (Å²) < 4.78 is 18.1. The number of nitriles is 1. The second kappa shape index (κ2) is 6.82. The van der Waals surface area contributed by atoms with Gasteiger partial charge in [0.25, 0.3) is 0 Å². The van der Waals surface area contributed by atoms with Crippen molar-refractivity contribution in [2.75, 3.05) is 12.3 Å². The Morgan fingerprint density at radius 2 is 2.34 bits per heavy atom. The number of nitrogen functional groups attached to an aromatic ring is 1. The van der Waals surface area contributed by atoms with E-state index in [1.807, 2.05) is 6.07 Å². The van der Waals surface area contributed by atoms with Gasteiger partial charge in [0.1, 0.15) is 0 Å². The number of nitrogens with one attached hydrogen (secondary N) is 1. The van der Waals surface area contributed by atoms with Crippen LogP contribution in [0.25, 0.3) is 5.52 Å².